The Balaban J connectivity index is 0.00000392. The van der Waals surface area contributed by atoms with Gasteiger partial charge in [-0.2, -0.15) is 0 Å². The largest absolute Gasteiger partial charge is 0.496 e. The van der Waals surface area contributed by atoms with Crippen LogP contribution < -0.4 is 10.1 Å². The van der Waals surface area contributed by atoms with Crippen molar-refractivity contribution in [1.82, 2.24) is 10.2 Å². The Morgan fingerprint density at radius 1 is 1.21 bits per heavy atom. The fourth-order valence-electron chi connectivity index (χ4n) is 3.36. The van der Waals surface area contributed by atoms with Gasteiger partial charge in [-0.1, -0.05) is 12.1 Å². The van der Waals surface area contributed by atoms with Gasteiger partial charge >= 0.3 is 0 Å². The van der Waals surface area contributed by atoms with E-state index in [2.05, 4.69) is 40.3 Å². The zero-order valence-corrected chi connectivity index (χ0v) is 20.0. The van der Waals surface area contributed by atoms with Gasteiger partial charge < -0.3 is 24.4 Å². The summed E-state index contributed by atoms with van der Waals surface area (Å²) in [5, 5.41) is 3.49. The summed E-state index contributed by atoms with van der Waals surface area (Å²) in [6, 6.07) is 6.39. The number of nitrogens with zero attached hydrogens (tertiary/aromatic N) is 2. The van der Waals surface area contributed by atoms with Crippen LogP contribution >= 0.6 is 24.0 Å². The molecule has 0 aliphatic carbocycles. The number of hydrogen-bond acceptors (Lipinski definition) is 4. The smallest absolute Gasteiger partial charge is 0.193 e. The summed E-state index contributed by atoms with van der Waals surface area (Å²) in [5.41, 5.74) is 2.43. The van der Waals surface area contributed by atoms with E-state index in [1.807, 2.05) is 7.05 Å². The van der Waals surface area contributed by atoms with E-state index >= 15 is 0 Å². The number of likely N-dealkylation sites (tertiary alicyclic amines) is 1. The van der Waals surface area contributed by atoms with Gasteiger partial charge in [0.1, 0.15) is 5.75 Å². The quantitative estimate of drug-likeness (QED) is 0.242. The van der Waals surface area contributed by atoms with Crippen LogP contribution in [0.4, 0.5) is 0 Å². The number of rotatable bonds is 9. The molecule has 1 aliphatic heterocycles. The van der Waals surface area contributed by atoms with E-state index in [0.29, 0.717) is 6.10 Å². The van der Waals surface area contributed by atoms with Crippen molar-refractivity contribution in [3.8, 4) is 5.75 Å². The van der Waals surface area contributed by atoms with E-state index in [4.69, 9.17) is 14.2 Å². The van der Waals surface area contributed by atoms with Crippen LogP contribution in [0.15, 0.2) is 23.2 Å². The van der Waals surface area contributed by atoms with Crippen molar-refractivity contribution in [3.63, 3.8) is 0 Å². The molecule has 28 heavy (non-hydrogen) atoms. The van der Waals surface area contributed by atoms with Gasteiger partial charge in [0.2, 0.25) is 0 Å². The third kappa shape index (κ3) is 8.13. The Labute approximate surface area is 187 Å². The van der Waals surface area contributed by atoms with Crippen LogP contribution in [0.2, 0.25) is 0 Å². The normalized spacial score (nSPS) is 15.3. The lowest BCUT2D eigenvalue weighted by atomic mass is 10.1. The minimum atomic E-state index is 0. The first kappa shape index (κ1) is 25.0. The first-order valence-electron chi connectivity index (χ1n) is 9.87. The second kappa shape index (κ2) is 14.0. The maximum absolute atomic E-state index is 5.94. The van der Waals surface area contributed by atoms with Crippen molar-refractivity contribution in [1.29, 1.82) is 0 Å². The van der Waals surface area contributed by atoms with Crippen LogP contribution in [0.3, 0.4) is 0 Å². The number of methoxy groups -OCH3 is 2. The number of aliphatic imine (C=N–C) groups is 1. The molecule has 0 aromatic heterocycles. The van der Waals surface area contributed by atoms with Gasteiger partial charge in [0.15, 0.2) is 5.96 Å². The predicted molar refractivity (Wildman–Crippen MR) is 125 cm³/mol. The Kier molecular flexibility index (Phi) is 12.5. The Morgan fingerprint density at radius 2 is 1.96 bits per heavy atom. The molecule has 1 N–H and O–H groups in total. The molecule has 1 fully saturated rings. The molecule has 1 aromatic carbocycles. The summed E-state index contributed by atoms with van der Waals surface area (Å²) < 4.78 is 16.4. The van der Waals surface area contributed by atoms with Crippen LogP contribution in [-0.2, 0) is 15.9 Å². The topological polar surface area (TPSA) is 55.3 Å². The molecule has 1 saturated heterocycles. The number of guanidine groups is 1. The lowest BCUT2D eigenvalue weighted by Crippen LogP contribution is -2.47. The summed E-state index contributed by atoms with van der Waals surface area (Å²) in [7, 11) is 5.30. The highest BCUT2D eigenvalue weighted by molar-refractivity contribution is 14.0. The van der Waals surface area contributed by atoms with Crippen LogP contribution in [0.25, 0.3) is 0 Å². The highest BCUT2D eigenvalue weighted by atomic mass is 127. The Bertz CT molecular complexity index is 590. The van der Waals surface area contributed by atoms with Crippen LogP contribution in [-0.4, -0.2) is 71.1 Å². The fraction of sp³-hybridized carbons (Fsp3) is 0.667. The van der Waals surface area contributed by atoms with Crippen LogP contribution in [0.1, 0.15) is 30.4 Å². The molecule has 160 valence electrons. The monoisotopic (exact) mass is 505 g/mol. The molecule has 0 spiro atoms. The SMILES string of the molecule is CN=C(NCCc1ccc(C)c(OC)c1)N1CCC(OCCCOC)CC1.I. The minimum Gasteiger partial charge on any atom is -0.496 e. The zero-order valence-electron chi connectivity index (χ0n) is 17.7. The first-order valence-corrected chi connectivity index (χ1v) is 9.87. The summed E-state index contributed by atoms with van der Waals surface area (Å²) in [5.74, 6) is 1.93. The first-order chi connectivity index (χ1) is 13.2. The lowest BCUT2D eigenvalue weighted by Gasteiger charge is -2.34. The molecular formula is C21H36IN3O3. The average molecular weight is 505 g/mol. The Hall–Kier alpha value is -1.06. The number of aryl methyl sites for hydroxylation is 1. The number of nitrogens with one attached hydrogen (secondary N) is 1. The third-order valence-electron chi connectivity index (χ3n) is 4.97. The molecule has 0 atom stereocenters. The van der Waals surface area contributed by atoms with Gasteiger partial charge in [-0.05, 0) is 49.8 Å². The van der Waals surface area contributed by atoms with Crippen molar-refractivity contribution in [2.45, 2.75) is 38.7 Å². The summed E-state index contributed by atoms with van der Waals surface area (Å²) in [6.07, 6.45) is 4.35. The molecule has 1 aliphatic rings. The second-order valence-electron chi connectivity index (χ2n) is 6.93. The number of halogens is 1. The lowest BCUT2D eigenvalue weighted by molar-refractivity contribution is 0.00992. The van der Waals surface area contributed by atoms with E-state index in [9.17, 15) is 0 Å². The van der Waals surface area contributed by atoms with Crippen molar-refractivity contribution in [3.05, 3.63) is 29.3 Å². The van der Waals surface area contributed by atoms with Gasteiger partial charge in [0, 0.05) is 47.0 Å². The number of ether oxygens (including phenoxy) is 3. The van der Waals surface area contributed by atoms with E-state index in [-0.39, 0.29) is 24.0 Å². The van der Waals surface area contributed by atoms with E-state index in [0.717, 1.165) is 75.8 Å². The molecule has 0 saturated carbocycles. The van der Waals surface area contributed by atoms with Gasteiger partial charge in [-0.15, -0.1) is 24.0 Å². The molecule has 0 radical (unpaired) electrons. The van der Waals surface area contributed by atoms with Crippen molar-refractivity contribution in [2.75, 3.05) is 54.1 Å². The molecule has 1 aromatic rings. The molecule has 7 heteroatoms. The highest BCUT2D eigenvalue weighted by Crippen LogP contribution is 2.19. The van der Waals surface area contributed by atoms with Crippen molar-refractivity contribution >= 4 is 29.9 Å². The summed E-state index contributed by atoms with van der Waals surface area (Å²) in [4.78, 5) is 6.78. The standard InChI is InChI=1S/C21H35N3O3.HI/c1-17-6-7-18(16-20(17)26-4)8-11-23-21(22-2)24-12-9-19(10-13-24)27-15-5-14-25-3;/h6-7,16,19H,5,8-15H2,1-4H3,(H,22,23);1H. The van der Waals surface area contributed by atoms with Gasteiger partial charge in [-0.25, -0.2) is 0 Å². The van der Waals surface area contributed by atoms with Crippen LogP contribution in [0.5, 0.6) is 5.75 Å². The van der Waals surface area contributed by atoms with Crippen LogP contribution in [0, 0.1) is 6.92 Å². The second-order valence-corrected chi connectivity index (χ2v) is 6.93. The number of piperidine rings is 1. The summed E-state index contributed by atoms with van der Waals surface area (Å²) >= 11 is 0. The number of hydrogen-bond donors (Lipinski definition) is 1. The molecule has 0 unspecified atom stereocenters. The predicted octanol–water partition coefficient (Wildman–Crippen LogP) is 3.26. The summed E-state index contributed by atoms with van der Waals surface area (Å²) in [6.45, 7) is 6.42. The highest BCUT2D eigenvalue weighted by Gasteiger charge is 2.21. The van der Waals surface area contributed by atoms with Gasteiger partial charge in [-0.3, -0.25) is 4.99 Å². The zero-order chi connectivity index (χ0) is 19.5. The molecule has 6 nitrogen and oxygen atoms in total. The van der Waals surface area contributed by atoms with Gasteiger partial charge in [0.05, 0.1) is 13.2 Å². The van der Waals surface area contributed by atoms with E-state index in [1.165, 1.54) is 5.56 Å². The third-order valence-corrected chi connectivity index (χ3v) is 4.97. The van der Waals surface area contributed by atoms with Gasteiger partial charge in [0.25, 0.3) is 0 Å². The molecule has 1 heterocycles. The molecular weight excluding hydrogens is 469 g/mol. The number of benzene rings is 1. The van der Waals surface area contributed by atoms with E-state index < -0.39 is 0 Å². The average Bonchev–Trinajstić information content (AvgIpc) is 2.70. The van der Waals surface area contributed by atoms with Crippen molar-refractivity contribution in [2.24, 2.45) is 4.99 Å². The maximum Gasteiger partial charge on any atom is 0.193 e. The minimum absolute atomic E-state index is 0. The molecule has 2 rings (SSSR count). The van der Waals surface area contributed by atoms with E-state index in [1.54, 1.807) is 14.2 Å². The Morgan fingerprint density at radius 3 is 2.61 bits per heavy atom. The fourth-order valence-corrected chi connectivity index (χ4v) is 3.36. The maximum atomic E-state index is 5.94. The molecule has 0 amide bonds. The molecule has 0 bridgehead atoms. The van der Waals surface area contributed by atoms with Crippen molar-refractivity contribution < 1.29 is 14.2 Å².